The van der Waals surface area contributed by atoms with Crippen LogP contribution >= 0.6 is 0 Å². The molecule has 16 heavy (non-hydrogen) atoms. The van der Waals surface area contributed by atoms with E-state index in [2.05, 4.69) is 12.2 Å². The molecule has 1 heterocycles. The van der Waals surface area contributed by atoms with Gasteiger partial charge in [0.05, 0.1) is 0 Å². The Morgan fingerprint density at radius 1 is 1.44 bits per heavy atom. The Morgan fingerprint density at radius 3 is 2.62 bits per heavy atom. The maximum absolute atomic E-state index is 12.2. The lowest BCUT2D eigenvalue weighted by atomic mass is 10.0. The summed E-state index contributed by atoms with van der Waals surface area (Å²) in [5, 5.41) is 2.77. The van der Waals surface area contributed by atoms with Gasteiger partial charge >= 0.3 is 0 Å². The minimum Gasteiger partial charge on any atom is -0.342 e. The Morgan fingerprint density at radius 2 is 2.06 bits per heavy atom. The van der Waals surface area contributed by atoms with Gasteiger partial charge in [-0.15, -0.1) is 0 Å². The fourth-order valence-corrected chi connectivity index (χ4v) is 2.31. The quantitative estimate of drug-likeness (QED) is 0.753. The summed E-state index contributed by atoms with van der Waals surface area (Å²) in [6.07, 6.45) is 1.64. The third kappa shape index (κ3) is 2.20. The second-order valence-corrected chi connectivity index (χ2v) is 5.65. The second-order valence-electron chi connectivity index (χ2n) is 5.65. The van der Waals surface area contributed by atoms with Gasteiger partial charge in [0.15, 0.2) is 0 Å². The molecule has 1 N–H and O–H groups in total. The first-order valence-corrected chi connectivity index (χ1v) is 6.00. The molecule has 0 radical (unpaired) electrons. The van der Waals surface area contributed by atoms with E-state index in [1.54, 1.807) is 13.8 Å². The van der Waals surface area contributed by atoms with E-state index in [0.717, 1.165) is 12.5 Å². The highest BCUT2D eigenvalue weighted by Crippen LogP contribution is 2.38. The SMILES string of the molecule is CC1CC1CN1CCC(=O)NC(C)(C)C1=O. The van der Waals surface area contributed by atoms with Gasteiger partial charge in [0.2, 0.25) is 11.8 Å². The maximum Gasteiger partial charge on any atom is 0.247 e. The lowest BCUT2D eigenvalue weighted by molar-refractivity contribution is -0.137. The van der Waals surface area contributed by atoms with Crippen LogP contribution in [0, 0.1) is 11.8 Å². The first-order valence-electron chi connectivity index (χ1n) is 6.00. The molecule has 90 valence electrons. The van der Waals surface area contributed by atoms with Gasteiger partial charge in [-0.3, -0.25) is 9.59 Å². The van der Waals surface area contributed by atoms with Gasteiger partial charge in [0, 0.05) is 19.5 Å². The summed E-state index contributed by atoms with van der Waals surface area (Å²) in [6.45, 7) is 7.15. The zero-order valence-electron chi connectivity index (χ0n) is 10.2. The monoisotopic (exact) mass is 224 g/mol. The molecule has 2 fully saturated rings. The average Bonchev–Trinajstić information content (AvgIpc) is 2.87. The molecule has 2 atom stereocenters. The van der Waals surface area contributed by atoms with Gasteiger partial charge in [-0.05, 0) is 32.1 Å². The lowest BCUT2D eigenvalue weighted by Crippen LogP contribution is -2.53. The Bertz CT molecular complexity index is 325. The summed E-state index contributed by atoms with van der Waals surface area (Å²) < 4.78 is 0. The molecule has 1 aliphatic carbocycles. The molecule has 1 saturated heterocycles. The third-order valence-electron chi connectivity index (χ3n) is 3.61. The predicted octanol–water partition coefficient (Wildman–Crippen LogP) is 0.769. The number of carbonyl (C=O) groups is 2. The summed E-state index contributed by atoms with van der Waals surface area (Å²) >= 11 is 0. The predicted molar refractivity (Wildman–Crippen MR) is 60.7 cm³/mol. The van der Waals surface area contributed by atoms with Crippen molar-refractivity contribution in [2.75, 3.05) is 13.1 Å². The Kier molecular flexibility index (Phi) is 2.68. The summed E-state index contributed by atoms with van der Waals surface area (Å²) in [5.74, 6) is 1.41. The van der Waals surface area contributed by atoms with Crippen LogP contribution in [-0.2, 0) is 9.59 Å². The number of rotatable bonds is 2. The Balaban J connectivity index is 2.06. The summed E-state index contributed by atoms with van der Waals surface area (Å²) in [6, 6.07) is 0. The van der Waals surface area contributed by atoms with Gasteiger partial charge in [0.25, 0.3) is 0 Å². The van der Waals surface area contributed by atoms with Crippen LogP contribution in [0.5, 0.6) is 0 Å². The highest BCUT2D eigenvalue weighted by molar-refractivity contribution is 5.92. The van der Waals surface area contributed by atoms with Crippen LogP contribution in [-0.4, -0.2) is 35.3 Å². The van der Waals surface area contributed by atoms with E-state index in [1.807, 2.05) is 4.90 Å². The van der Waals surface area contributed by atoms with Crippen molar-refractivity contribution in [3.05, 3.63) is 0 Å². The molecule has 1 saturated carbocycles. The Hall–Kier alpha value is -1.06. The highest BCUT2D eigenvalue weighted by atomic mass is 16.2. The van der Waals surface area contributed by atoms with Gasteiger partial charge in [-0.25, -0.2) is 0 Å². The van der Waals surface area contributed by atoms with Gasteiger partial charge in [-0.1, -0.05) is 6.92 Å². The molecular weight excluding hydrogens is 204 g/mol. The smallest absolute Gasteiger partial charge is 0.247 e. The van der Waals surface area contributed by atoms with Gasteiger partial charge in [-0.2, -0.15) is 0 Å². The normalized spacial score (nSPS) is 33.3. The average molecular weight is 224 g/mol. The number of nitrogens with one attached hydrogen (secondary N) is 1. The largest absolute Gasteiger partial charge is 0.342 e. The maximum atomic E-state index is 12.2. The van der Waals surface area contributed by atoms with Crippen LogP contribution in [0.25, 0.3) is 0 Å². The van der Waals surface area contributed by atoms with Crippen LogP contribution in [0.15, 0.2) is 0 Å². The molecule has 2 amide bonds. The molecule has 0 aromatic heterocycles. The zero-order chi connectivity index (χ0) is 11.9. The summed E-state index contributed by atoms with van der Waals surface area (Å²) in [4.78, 5) is 25.5. The second kappa shape index (κ2) is 3.75. The lowest BCUT2D eigenvalue weighted by Gasteiger charge is -2.28. The number of nitrogens with zero attached hydrogens (tertiary/aromatic N) is 1. The topological polar surface area (TPSA) is 49.4 Å². The van der Waals surface area contributed by atoms with E-state index in [4.69, 9.17) is 0 Å². The molecule has 2 aliphatic rings. The van der Waals surface area contributed by atoms with Crippen molar-refractivity contribution in [3.63, 3.8) is 0 Å². The fraction of sp³-hybridized carbons (Fsp3) is 0.833. The van der Waals surface area contributed by atoms with E-state index < -0.39 is 5.54 Å². The fourth-order valence-electron chi connectivity index (χ4n) is 2.31. The summed E-state index contributed by atoms with van der Waals surface area (Å²) in [7, 11) is 0. The molecular formula is C12H20N2O2. The number of hydrogen-bond acceptors (Lipinski definition) is 2. The van der Waals surface area contributed by atoms with Crippen LogP contribution in [0.1, 0.15) is 33.6 Å². The minimum absolute atomic E-state index is 0.0234. The molecule has 4 heteroatoms. The Labute approximate surface area is 96.4 Å². The number of hydrogen-bond donors (Lipinski definition) is 1. The highest BCUT2D eigenvalue weighted by Gasteiger charge is 2.40. The first-order chi connectivity index (χ1) is 7.40. The molecule has 0 bridgehead atoms. The molecule has 0 aromatic rings. The van der Waals surface area contributed by atoms with E-state index in [0.29, 0.717) is 18.9 Å². The molecule has 1 aliphatic heterocycles. The van der Waals surface area contributed by atoms with Gasteiger partial charge < -0.3 is 10.2 Å². The zero-order valence-corrected chi connectivity index (χ0v) is 10.2. The van der Waals surface area contributed by atoms with Crippen molar-refractivity contribution >= 4 is 11.8 Å². The number of amides is 2. The van der Waals surface area contributed by atoms with Crippen molar-refractivity contribution in [1.82, 2.24) is 10.2 Å². The minimum atomic E-state index is -0.744. The third-order valence-corrected chi connectivity index (χ3v) is 3.61. The molecule has 2 rings (SSSR count). The number of carbonyl (C=O) groups excluding carboxylic acids is 2. The molecule has 0 aromatic carbocycles. The molecule has 2 unspecified atom stereocenters. The van der Waals surface area contributed by atoms with Crippen LogP contribution in [0.3, 0.4) is 0 Å². The van der Waals surface area contributed by atoms with Gasteiger partial charge in [0.1, 0.15) is 5.54 Å². The van der Waals surface area contributed by atoms with E-state index in [-0.39, 0.29) is 11.8 Å². The van der Waals surface area contributed by atoms with Crippen molar-refractivity contribution in [1.29, 1.82) is 0 Å². The van der Waals surface area contributed by atoms with E-state index in [1.165, 1.54) is 6.42 Å². The van der Waals surface area contributed by atoms with Crippen molar-refractivity contribution in [3.8, 4) is 0 Å². The molecule has 0 spiro atoms. The molecule has 4 nitrogen and oxygen atoms in total. The van der Waals surface area contributed by atoms with E-state index in [9.17, 15) is 9.59 Å². The van der Waals surface area contributed by atoms with Crippen LogP contribution in [0.2, 0.25) is 0 Å². The van der Waals surface area contributed by atoms with Crippen LogP contribution < -0.4 is 5.32 Å². The van der Waals surface area contributed by atoms with Crippen molar-refractivity contribution in [2.45, 2.75) is 39.2 Å². The van der Waals surface area contributed by atoms with Crippen molar-refractivity contribution in [2.24, 2.45) is 11.8 Å². The first kappa shape index (κ1) is 11.4. The van der Waals surface area contributed by atoms with E-state index >= 15 is 0 Å². The van der Waals surface area contributed by atoms with Crippen molar-refractivity contribution < 1.29 is 9.59 Å². The van der Waals surface area contributed by atoms with Crippen LogP contribution in [0.4, 0.5) is 0 Å². The standard InChI is InChI=1S/C12H20N2O2/c1-8-6-9(8)7-14-5-4-10(15)13-12(2,3)11(14)16/h8-9H,4-7H2,1-3H3,(H,13,15). The summed E-state index contributed by atoms with van der Waals surface area (Å²) in [5.41, 5.74) is -0.744.